The number of aromatic nitrogens is 3. The third-order valence-electron chi connectivity index (χ3n) is 4.74. The number of halogens is 3. The smallest absolute Gasteiger partial charge is 0.347 e. The van der Waals surface area contributed by atoms with E-state index >= 15 is 0 Å². The normalized spacial score (nSPS) is 12.1. The van der Waals surface area contributed by atoms with Gasteiger partial charge in [0, 0.05) is 22.4 Å². The van der Waals surface area contributed by atoms with Gasteiger partial charge in [0.15, 0.2) is 5.65 Å². The predicted molar refractivity (Wildman–Crippen MR) is 120 cm³/mol. The van der Waals surface area contributed by atoms with Crippen molar-refractivity contribution in [2.75, 3.05) is 5.32 Å². The van der Waals surface area contributed by atoms with E-state index in [2.05, 4.69) is 20.7 Å². The van der Waals surface area contributed by atoms with Crippen LogP contribution in [0.2, 0.25) is 0 Å². The second kappa shape index (κ2) is 8.23. The lowest BCUT2D eigenvalue weighted by Gasteiger charge is -2.20. The number of anilines is 2. The number of rotatable bonds is 4. The van der Waals surface area contributed by atoms with Gasteiger partial charge in [-0.3, -0.25) is 4.79 Å². The van der Waals surface area contributed by atoms with E-state index in [0.717, 1.165) is 12.1 Å². The lowest BCUT2D eigenvalue weighted by molar-refractivity contribution is -0.137. The van der Waals surface area contributed by atoms with E-state index in [1.807, 2.05) is 20.8 Å². The molecule has 170 valence electrons. The van der Waals surface area contributed by atoms with Gasteiger partial charge >= 0.3 is 6.18 Å². The molecule has 2 heterocycles. The summed E-state index contributed by atoms with van der Waals surface area (Å²) in [5.74, 6) is 0.104. The number of nitrogens with one attached hydrogen (secondary N) is 2. The summed E-state index contributed by atoms with van der Waals surface area (Å²) in [5, 5.41) is 10.4. The molecule has 0 spiro atoms. The summed E-state index contributed by atoms with van der Waals surface area (Å²) in [4.78, 5) is 16.7. The van der Waals surface area contributed by atoms with E-state index in [1.54, 1.807) is 48.5 Å². The van der Waals surface area contributed by atoms with E-state index in [0.29, 0.717) is 28.2 Å². The van der Waals surface area contributed by atoms with Crippen LogP contribution < -0.4 is 10.6 Å². The van der Waals surface area contributed by atoms with Gasteiger partial charge in [-0.05, 0) is 69.3 Å². The minimum absolute atomic E-state index is 0.175. The summed E-state index contributed by atoms with van der Waals surface area (Å²) < 4.78 is 40.9. The van der Waals surface area contributed by atoms with Crippen molar-refractivity contribution in [1.29, 1.82) is 0 Å². The van der Waals surface area contributed by atoms with Crippen molar-refractivity contribution < 1.29 is 18.0 Å². The number of pyridine rings is 1. The van der Waals surface area contributed by atoms with Crippen LogP contribution in [0.5, 0.6) is 0 Å². The molecule has 6 nitrogen and oxygen atoms in total. The quantitative estimate of drug-likeness (QED) is 0.417. The lowest BCUT2D eigenvalue weighted by Crippen LogP contribution is -2.40. The highest BCUT2D eigenvalue weighted by atomic mass is 19.4. The number of hydrogen-bond acceptors (Lipinski definition) is 4. The number of benzene rings is 2. The maximum absolute atomic E-state index is 13.1. The first kappa shape index (κ1) is 22.3. The van der Waals surface area contributed by atoms with Crippen LogP contribution >= 0.6 is 0 Å². The minimum Gasteiger partial charge on any atom is -0.347 e. The van der Waals surface area contributed by atoms with Crippen molar-refractivity contribution in [2.45, 2.75) is 32.5 Å². The van der Waals surface area contributed by atoms with Gasteiger partial charge in [0.05, 0.1) is 11.3 Å². The van der Waals surface area contributed by atoms with Gasteiger partial charge in [-0.1, -0.05) is 18.2 Å². The molecule has 0 saturated heterocycles. The molecule has 2 N–H and O–H groups in total. The Bertz CT molecular complexity index is 1300. The number of carbonyl (C=O) groups is 1. The van der Waals surface area contributed by atoms with Crippen LogP contribution in [0.4, 0.5) is 24.8 Å². The number of nitrogens with zero attached hydrogens (tertiary/aromatic N) is 3. The molecule has 0 aliphatic rings. The van der Waals surface area contributed by atoms with Gasteiger partial charge in [0.25, 0.3) is 5.91 Å². The van der Waals surface area contributed by atoms with Crippen molar-refractivity contribution in [3.63, 3.8) is 0 Å². The van der Waals surface area contributed by atoms with Crippen LogP contribution in [0.25, 0.3) is 16.9 Å². The Kier molecular flexibility index (Phi) is 5.57. The molecule has 0 unspecified atom stereocenters. The summed E-state index contributed by atoms with van der Waals surface area (Å²) in [6.07, 6.45) is -4.44. The summed E-state index contributed by atoms with van der Waals surface area (Å²) in [7, 11) is 0. The maximum atomic E-state index is 13.1. The van der Waals surface area contributed by atoms with Gasteiger partial charge in [-0.25, -0.2) is 4.52 Å². The molecule has 0 bridgehead atoms. The van der Waals surface area contributed by atoms with Crippen LogP contribution in [0.3, 0.4) is 0 Å². The van der Waals surface area contributed by atoms with Crippen LogP contribution in [0, 0.1) is 0 Å². The molecule has 0 atom stereocenters. The average Bonchev–Trinajstić information content (AvgIpc) is 3.15. The summed E-state index contributed by atoms with van der Waals surface area (Å²) in [6.45, 7) is 5.72. The second-order valence-electron chi connectivity index (χ2n) is 8.60. The molecule has 33 heavy (non-hydrogen) atoms. The van der Waals surface area contributed by atoms with E-state index in [-0.39, 0.29) is 17.4 Å². The van der Waals surface area contributed by atoms with Gasteiger partial charge in [0.1, 0.15) is 0 Å². The predicted octanol–water partition coefficient (Wildman–Crippen LogP) is 5.69. The summed E-state index contributed by atoms with van der Waals surface area (Å²) >= 11 is 0. The third-order valence-corrected chi connectivity index (χ3v) is 4.74. The first-order chi connectivity index (χ1) is 15.5. The SMILES string of the molecule is CC(C)(C)NC(=O)c1ccc(Nc2nc3cccc(-c4cccc(C(F)(F)F)c4)n3n2)cc1. The lowest BCUT2D eigenvalue weighted by atomic mass is 10.1. The van der Waals surface area contributed by atoms with Crippen LogP contribution in [-0.2, 0) is 6.18 Å². The molecule has 0 fully saturated rings. The van der Waals surface area contributed by atoms with Gasteiger partial charge in [-0.15, -0.1) is 5.10 Å². The molecular formula is C24H22F3N5O. The molecule has 2 aromatic heterocycles. The number of hydrogen-bond donors (Lipinski definition) is 2. The molecule has 2 aromatic carbocycles. The monoisotopic (exact) mass is 453 g/mol. The molecule has 4 aromatic rings. The molecule has 0 radical (unpaired) electrons. The summed E-state index contributed by atoms with van der Waals surface area (Å²) in [6, 6.07) is 17.0. The topological polar surface area (TPSA) is 71.3 Å². The Morgan fingerprint density at radius 2 is 1.64 bits per heavy atom. The highest BCUT2D eigenvalue weighted by Gasteiger charge is 2.30. The molecule has 9 heteroatoms. The largest absolute Gasteiger partial charge is 0.416 e. The Hall–Kier alpha value is -3.88. The van der Waals surface area contributed by atoms with Crippen molar-refractivity contribution in [3.05, 3.63) is 77.9 Å². The Labute approximate surface area is 188 Å². The van der Waals surface area contributed by atoms with Crippen molar-refractivity contribution in [3.8, 4) is 11.3 Å². The van der Waals surface area contributed by atoms with Crippen molar-refractivity contribution in [2.24, 2.45) is 0 Å². The number of alkyl halides is 3. The fourth-order valence-corrected chi connectivity index (χ4v) is 3.28. The zero-order valence-corrected chi connectivity index (χ0v) is 18.2. The van der Waals surface area contributed by atoms with E-state index in [4.69, 9.17) is 0 Å². The first-order valence-electron chi connectivity index (χ1n) is 10.2. The van der Waals surface area contributed by atoms with Crippen LogP contribution in [-0.4, -0.2) is 26.0 Å². The molecular weight excluding hydrogens is 431 g/mol. The van der Waals surface area contributed by atoms with Crippen molar-refractivity contribution in [1.82, 2.24) is 19.9 Å². The fraction of sp³-hybridized carbons (Fsp3) is 0.208. The standard InChI is InChI=1S/C24H22F3N5O/c1-23(2,3)30-21(33)15-10-12-18(13-11-15)28-22-29-20-9-5-8-19(32(20)31-22)16-6-4-7-17(14-16)24(25,26)27/h4-14H,1-3H3,(H,28,31)(H,30,33). The van der Waals surface area contributed by atoms with Crippen molar-refractivity contribution >= 4 is 23.2 Å². The molecule has 0 aliphatic heterocycles. The zero-order chi connectivity index (χ0) is 23.8. The summed E-state index contributed by atoms with van der Waals surface area (Å²) in [5.41, 5.74) is 1.45. The van der Waals surface area contributed by atoms with E-state index in [9.17, 15) is 18.0 Å². The zero-order valence-electron chi connectivity index (χ0n) is 18.2. The molecule has 0 saturated carbocycles. The van der Waals surface area contributed by atoms with Gasteiger partial charge < -0.3 is 10.6 Å². The average molecular weight is 453 g/mol. The Morgan fingerprint density at radius 1 is 0.939 bits per heavy atom. The highest BCUT2D eigenvalue weighted by Crippen LogP contribution is 2.32. The van der Waals surface area contributed by atoms with Crippen LogP contribution in [0.1, 0.15) is 36.7 Å². The van der Waals surface area contributed by atoms with Gasteiger partial charge in [-0.2, -0.15) is 18.2 Å². The number of amides is 1. The Balaban J connectivity index is 1.59. The number of fused-ring (bicyclic) bond motifs is 1. The second-order valence-corrected chi connectivity index (χ2v) is 8.60. The van der Waals surface area contributed by atoms with E-state index in [1.165, 1.54) is 10.6 Å². The minimum atomic E-state index is -4.44. The molecule has 0 aliphatic carbocycles. The van der Waals surface area contributed by atoms with E-state index < -0.39 is 11.7 Å². The molecule has 4 rings (SSSR count). The number of carbonyl (C=O) groups excluding carboxylic acids is 1. The highest BCUT2D eigenvalue weighted by molar-refractivity contribution is 5.95. The maximum Gasteiger partial charge on any atom is 0.416 e. The first-order valence-corrected chi connectivity index (χ1v) is 10.2. The third kappa shape index (κ3) is 5.14. The fourth-order valence-electron chi connectivity index (χ4n) is 3.28. The Morgan fingerprint density at radius 3 is 2.30 bits per heavy atom. The van der Waals surface area contributed by atoms with Crippen LogP contribution in [0.15, 0.2) is 66.7 Å². The molecule has 1 amide bonds. The van der Waals surface area contributed by atoms with Gasteiger partial charge in [0.2, 0.25) is 5.95 Å².